The molecule has 2 aromatic carbocycles. The Balaban J connectivity index is 2.25. The van der Waals surface area contributed by atoms with Crippen LogP contribution in [0.1, 0.15) is 5.56 Å². The van der Waals surface area contributed by atoms with Gasteiger partial charge in [0.15, 0.2) is 0 Å². The molecule has 87 valence electrons. The van der Waals surface area contributed by atoms with Crippen LogP contribution in [0.5, 0.6) is 5.75 Å². The maximum Gasteiger partial charge on any atom is 0.234 e. The van der Waals surface area contributed by atoms with E-state index in [1.165, 1.54) is 18.2 Å². The van der Waals surface area contributed by atoms with Crippen molar-refractivity contribution in [2.24, 2.45) is 0 Å². The van der Waals surface area contributed by atoms with E-state index in [9.17, 15) is 9.90 Å². The Bertz CT molecular complexity index is 698. The third-order valence-electron chi connectivity index (χ3n) is 2.76. The minimum Gasteiger partial charge on any atom is -0.508 e. The molecule has 1 radical (unpaired) electrons. The van der Waals surface area contributed by atoms with Crippen molar-refractivity contribution in [1.29, 1.82) is 0 Å². The summed E-state index contributed by atoms with van der Waals surface area (Å²) < 4.78 is 0. The molecular formula is C14H9N2O2. The predicted molar refractivity (Wildman–Crippen MR) is 68.0 cm³/mol. The molecule has 3 aromatic rings. The van der Waals surface area contributed by atoms with Crippen molar-refractivity contribution in [2.45, 2.75) is 0 Å². The molecular weight excluding hydrogens is 228 g/mol. The average Bonchev–Trinajstić information content (AvgIpc) is 2.82. The number of benzene rings is 2. The number of para-hydroxylation sites is 2. The van der Waals surface area contributed by atoms with Crippen molar-refractivity contribution >= 4 is 17.3 Å². The molecule has 0 spiro atoms. The maximum atomic E-state index is 10.9. The molecule has 0 amide bonds. The van der Waals surface area contributed by atoms with Crippen LogP contribution in [0.2, 0.25) is 0 Å². The number of hydrogen-bond donors (Lipinski definition) is 2. The Hall–Kier alpha value is -2.62. The quantitative estimate of drug-likeness (QED) is 0.719. The number of aromatic nitrogens is 2. The van der Waals surface area contributed by atoms with Gasteiger partial charge >= 0.3 is 0 Å². The molecule has 0 aliphatic carbocycles. The van der Waals surface area contributed by atoms with Crippen LogP contribution in [-0.4, -0.2) is 21.4 Å². The van der Waals surface area contributed by atoms with E-state index in [4.69, 9.17) is 0 Å². The number of fused-ring (bicyclic) bond motifs is 1. The van der Waals surface area contributed by atoms with Crippen molar-refractivity contribution in [3.05, 3.63) is 48.0 Å². The minimum atomic E-state index is 0.0875. The number of aromatic hydroxyl groups is 1. The second-order valence-corrected chi connectivity index (χ2v) is 3.93. The SMILES string of the molecule is O=[C]c1ccc(O)cc1-c1nc2ccccc2[nH]1. The fourth-order valence-electron chi connectivity index (χ4n) is 1.90. The fourth-order valence-corrected chi connectivity index (χ4v) is 1.90. The van der Waals surface area contributed by atoms with E-state index >= 15 is 0 Å². The summed E-state index contributed by atoms with van der Waals surface area (Å²) >= 11 is 0. The van der Waals surface area contributed by atoms with Gasteiger partial charge in [0.1, 0.15) is 11.6 Å². The zero-order valence-corrected chi connectivity index (χ0v) is 9.34. The number of H-pyrrole nitrogens is 1. The largest absolute Gasteiger partial charge is 0.508 e. The number of phenolic OH excluding ortho intramolecular Hbond substituents is 1. The van der Waals surface area contributed by atoms with E-state index in [2.05, 4.69) is 9.97 Å². The summed E-state index contributed by atoms with van der Waals surface area (Å²) in [5.74, 6) is 0.634. The highest BCUT2D eigenvalue weighted by atomic mass is 16.3. The van der Waals surface area contributed by atoms with Gasteiger partial charge in [0, 0.05) is 11.1 Å². The van der Waals surface area contributed by atoms with Crippen molar-refractivity contribution in [1.82, 2.24) is 9.97 Å². The van der Waals surface area contributed by atoms with E-state index in [1.807, 2.05) is 30.6 Å². The van der Waals surface area contributed by atoms with Gasteiger partial charge in [-0.15, -0.1) is 0 Å². The van der Waals surface area contributed by atoms with Crippen LogP contribution >= 0.6 is 0 Å². The number of carbonyl (C=O) groups excluding carboxylic acids is 1. The van der Waals surface area contributed by atoms with E-state index in [-0.39, 0.29) is 5.75 Å². The number of phenols is 1. The van der Waals surface area contributed by atoms with E-state index < -0.39 is 0 Å². The van der Waals surface area contributed by atoms with Crippen molar-refractivity contribution < 1.29 is 9.90 Å². The smallest absolute Gasteiger partial charge is 0.234 e. The van der Waals surface area contributed by atoms with Crippen molar-refractivity contribution in [3.63, 3.8) is 0 Å². The molecule has 0 aliphatic rings. The highest BCUT2D eigenvalue weighted by Crippen LogP contribution is 2.26. The molecule has 0 unspecified atom stereocenters. The first-order chi connectivity index (χ1) is 8.78. The Kier molecular flexibility index (Phi) is 2.34. The summed E-state index contributed by atoms with van der Waals surface area (Å²) in [4.78, 5) is 18.4. The molecule has 0 aliphatic heterocycles. The zero-order chi connectivity index (χ0) is 12.5. The van der Waals surface area contributed by atoms with Crippen molar-refractivity contribution in [3.8, 4) is 17.1 Å². The summed E-state index contributed by atoms with van der Waals surface area (Å²) in [6.07, 6.45) is 1.84. The molecule has 4 nitrogen and oxygen atoms in total. The summed E-state index contributed by atoms with van der Waals surface area (Å²) in [6.45, 7) is 0. The molecule has 1 heterocycles. The highest BCUT2D eigenvalue weighted by molar-refractivity contribution is 5.89. The molecule has 2 N–H and O–H groups in total. The van der Waals surface area contributed by atoms with Gasteiger partial charge in [0.05, 0.1) is 11.0 Å². The number of aromatic amines is 1. The molecule has 0 saturated heterocycles. The first-order valence-corrected chi connectivity index (χ1v) is 5.44. The lowest BCUT2D eigenvalue weighted by Crippen LogP contribution is -1.89. The van der Waals surface area contributed by atoms with E-state index in [0.29, 0.717) is 17.0 Å². The lowest BCUT2D eigenvalue weighted by molar-refractivity contribution is 0.475. The van der Waals surface area contributed by atoms with Crippen LogP contribution in [0, 0.1) is 0 Å². The van der Waals surface area contributed by atoms with Gasteiger partial charge in [0.2, 0.25) is 6.29 Å². The summed E-state index contributed by atoms with van der Waals surface area (Å²) in [5, 5.41) is 9.50. The molecule has 3 rings (SSSR count). The van der Waals surface area contributed by atoms with Gasteiger partial charge in [0.25, 0.3) is 0 Å². The maximum absolute atomic E-state index is 10.9. The standard InChI is InChI=1S/C14H9N2O2/c17-8-9-5-6-10(18)7-11(9)14-15-12-3-1-2-4-13(12)16-14/h1-7,18H,(H,15,16). The topological polar surface area (TPSA) is 66.0 Å². The summed E-state index contributed by atoms with van der Waals surface area (Å²) in [7, 11) is 0. The third-order valence-corrected chi connectivity index (χ3v) is 2.76. The number of rotatable bonds is 2. The highest BCUT2D eigenvalue weighted by Gasteiger charge is 2.10. The van der Waals surface area contributed by atoms with Gasteiger partial charge in [-0.1, -0.05) is 12.1 Å². The van der Waals surface area contributed by atoms with Gasteiger partial charge < -0.3 is 10.1 Å². The number of imidazole rings is 1. The van der Waals surface area contributed by atoms with Gasteiger partial charge in [-0.2, -0.15) is 0 Å². The molecule has 18 heavy (non-hydrogen) atoms. The number of hydrogen-bond acceptors (Lipinski definition) is 3. The molecule has 0 atom stereocenters. The van der Waals surface area contributed by atoms with Crippen LogP contribution in [0.3, 0.4) is 0 Å². The Morgan fingerprint density at radius 2 is 2.00 bits per heavy atom. The van der Waals surface area contributed by atoms with Gasteiger partial charge in [-0.05, 0) is 30.3 Å². The van der Waals surface area contributed by atoms with Crippen LogP contribution in [-0.2, 0) is 4.79 Å². The molecule has 0 saturated carbocycles. The summed E-state index contributed by atoms with van der Waals surface area (Å²) in [5.41, 5.74) is 2.61. The normalized spacial score (nSPS) is 10.7. The van der Waals surface area contributed by atoms with Gasteiger partial charge in [-0.3, -0.25) is 4.79 Å². The second kappa shape index (κ2) is 4.00. The second-order valence-electron chi connectivity index (χ2n) is 3.93. The van der Waals surface area contributed by atoms with Crippen LogP contribution in [0.15, 0.2) is 42.5 Å². The molecule has 1 aromatic heterocycles. The van der Waals surface area contributed by atoms with Crippen molar-refractivity contribution in [2.75, 3.05) is 0 Å². The van der Waals surface area contributed by atoms with Crippen LogP contribution in [0.4, 0.5) is 0 Å². The Morgan fingerprint density at radius 3 is 2.78 bits per heavy atom. The fraction of sp³-hybridized carbons (Fsp3) is 0. The van der Waals surface area contributed by atoms with E-state index in [1.54, 1.807) is 0 Å². The van der Waals surface area contributed by atoms with Gasteiger partial charge in [-0.25, -0.2) is 4.98 Å². The molecule has 0 fully saturated rings. The summed E-state index contributed by atoms with van der Waals surface area (Å²) in [6, 6.07) is 12.0. The first-order valence-electron chi connectivity index (χ1n) is 5.44. The van der Waals surface area contributed by atoms with E-state index in [0.717, 1.165) is 11.0 Å². The lowest BCUT2D eigenvalue weighted by atomic mass is 10.1. The lowest BCUT2D eigenvalue weighted by Gasteiger charge is -2.01. The zero-order valence-electron chi connectivity index (χ0n) is 9.34. The predicted octanol–water partition coefficient (Wildman–Crippen LogP) is 2.39. The van der Waals surface area contributed by atoms with Crippen LogP contribution in [0.25, 0.3) is 22.4 Å². The Labute approximate surface area is 103 Å². The number of nitrogens with zero attached hydrogens (tertiary/aromatic N) is 1. The average molecular weight is 237 g/mol. The minimum absolute atomic E-state index is 0.0875. The molecule has 4 heteroatoms. The van der Waals surface area contributed by atoms with Crippen LogP contribution < -0.4 is 0 Å². The first kappa shape index (κ1) is 10.5. The monoisotopic (exact) mass is 237 g/mol. The third kappa shape index (κ3) is 1.64. The molecule has 0 bridgehead atoms. The number of nitrogens with one attached hydrogen (secondary N) is 1. The Morgan fingerprint density at radius 1 is 1.17 bits per heavy atom.